The van der Waals surface area contributed by atoms with Crippen molar-refractivity contribution in [2.75, 3.05) is 11.4 Å². The molecule has 0 radical (unpaired) electrons. The first-order valence-corrected chi connectivity index (χ1v) is 6.53. The Morgan fingerprint density at radius 3 is 2.88 bits per heavy atom. The first-order valence-electron chi connectivity index (χ1n) is 5.71. The summed E-state index contributed by atoms with van der Waals surface area (Å²) < 4.78 is 0. The van der Waals surface area contributed by atoms with Gasteiger partial charge in [0.2, 0.25) is 0 Å². The maximum Gasteiger partial charge on any atom is 0.0523 e. The molecule has 0 amide bonds. The van der Waals surface area contributed by atoms with Crippen molar-refractivity contribution in [3.63, 3.8) is 0 Å². The highest BCUT2D eigenvalue weighted by molar-refractivity contribution is 7.11. The van der Waals surface area contributed by atoms with Crippen LogP contribution in [-0.2, 0) is 13.0 Å². The molecule has 0 atom stereocenters. The highest BCUT2D eigenvalue weighted by Crippen LogP contribution is 2.30. The number of thiophene rings is 1. The number of aryl methyl sites for hydroxylation is 1. The Labute approximate surface area is 100 Å². The molecule has 0 saturated carbocycles. The number of nitrogens with zero attached hydrogens (tertiary/aromatic N) is 1. The van der Waals surface area contributed by atoms with Crippen molar-refractivity contribution in [1.82, 2.24) is 0 Å². The Hall–Kier alpha value is -1.28. The molecule has 3 rings (SSSR count). The third-order valence-electron chi connectivity index (χ3n) is 3.13. The molecule has 2 heterocycles. The van der Waals surface area contributed by atoms with Gasteiger partial charge in [-0.25, -0.2) is 0 Å². The number of hydrogen-bond acceptors (Lipinski definition) is 2. The van der Waals surface area contributed by atoms with E-state index in [0.29, 0.717) is 0 Å². The van der Waals surface area contributed by atoms with Crippen LogP contribution in [-0.4, -0.2) is 6.54 Å². The van der Waals surface area contributed by atoms with E-state index in [2.05, 4.69) is 48.2 Å². The standard InChI is InChI=1S/C14H15NS/c1-11-6-7-13(16-11)10-15-9-8-12-4-2-3-5-14(12)15/h2-7H,8-10H2,1H3. The van der Waals surface area contributed by atoms with Gasteiger partial charge in [0.05, 0.1) is 6.54 Å². The van der Waals surface area contributed by atoms with Gasteiger partial charge in [0.1, 0.15) is 0 Å². The summed E-state index contributed by atoms with van der Waals surface area (Å²) in [6, 6.07) is 13.2. The number of anilines is 1. The highest BCUT2D eigenvalue weighted by atomic mass is 32.1. The van der Waals surface area contributed by atoms with Crippen LogP contribution >= 0.6 is 11.3 Å². The average Bonchev–Trinajstić information content (AvgIpc) is 2.87. The lowest BCUT2D eigenvalue weighted by atomic mass is 10.2. The Balaban J connectivity index is 1.83. The van der Waals surface area contributed by atoms with E-state index in [1.54, 1.807) is 0 Å². The minimum Gasteiger partial charge on any atom is -0.366 e. The van der Waals surface area contributed by atoms with Crippen LogP contribution in [0.25, 0.3) is 0 Å². The molecule has 0 saturated heterocycles. The second-order valence-electron chi connectivity index (χ2n) is 4.31. The molecule has 0 N–H and O–H groups in total. The predicted molar refractivity (Wildman–Crippen MR) is 70.3 cm³/mol. The van der Waals surface area contributed by atoms with Gasteiger partial charge in [0.25, 0.3) is 0 Å². The Bertz CT molecular complexity index is 501. The molecule has 1 aromatic carbocycles. The Morgan fingerprint density at radius 1 is 1.19 bits per heavy atom. The molecule has 82 valence electrons. The van der Waals surface area contributed by atoms with Gasteiger partial charge in [-0.15, -0.1) is 11.3 Å². The maximum atomic E-state index is 2.49. The summed E-state index contributed by atoms with van der Waals surface area (Å²) >= 11 is 1.91. The summed E-state index contributed by atoms with van der Waals surface area (Å²) in [6.07, 6.45) is 1.19. The number of hydrogen-bond donors (Lipinski definition) is 0. The monoisotopic (exact) mass is 229 g/mol. The first kappa shape index (κ1) is 9.91. The fourth-order valence-electron chi connectivity index (χ4n) is 2.33. The lowest BCUT2D eigenvalue weighted by molar-refractivity contribution is 0.846. The van der Waals surface area contributed by atoms with Crippen LogP contribution in [0.2, 0.25) is 0 Å². The summed E-state index contributed by atoms with van der Waals surface area (Å²) in [4.78, 5) is 5.36. The van der Waals surface area contributed by atoms with E-state index in [9.17, 15) is 0 Å². The molecule has 2 heteroatoms. The first-order chi connectivity index (χ1) is 7.83. The Morgan fingerprint density at radius 2 is 2.06 bits per heavy atom. The van der Waals surface area contributed by atoms with E-state index in [0.717, 1.165) is 13.1 Å². The molecule has 0 bridgehead atoms. The molecule has 1 aromatic heterocycles. The molecule has 0 fully saturated rings. The largest absolute Gasteiger partial charge is 0.366 e. The van der Waals surface area contributed by atoms with Crippen LogP contribution in [0.3, 0.4) is 0 Å². The van der Waals surface area contributed by atoms with Crippen LogP contribution in [0, 0.1) is 6.92 Å². The number of benzene rings is 1. The summed E-state index contributed by atoms with van der Waals surface area (Å²) in [5, 5.41) is 0. The van der Waals surface area contributed by atoms with Crippen LogP contribution in [0.4, 0.5) is 5.69 Å². The topological polar surface area (TPSA) is 3.24 Å². The van der Waals surface area contributed by atoms with Gasteiger partial charge in [0, 0.05) is 22.0 Å². The minimum atomic E-state index is 1.06. The van der Waals surface area contributed by atoms with Gasteiger partial charge in [-0.1, -0.05) is 18.2 Å². The smallest absolute Gasteiger partial charge is 0.0523 e. The zero-order chi connectivity index (χ0) is 11.0. The van der Waals surface area contributed by atoms with E-state index in [1.165, 1.54) is 27.4 Å². The second-order valence-corrected chi connectivity index (χ2v) is 5.69. The van der Waals surface area contributed by atoms with E-state index >= 15 is 0 Å². The summed E-state index contributed by atoms with van der Waals surface area (Å²) in [6.45, 7) is 4.40. The predicted octanol–water partition coefficient (Wildman–Crippen LogP) is 3.62. The summed E-state index contributed by atoms with van der Waals surface area (Å²) in [5.74, 6) is 0. The normalized spacial score (nSPS) is 14.2. The van der Waals surface area contributed by atoms with Crippen molar-refractivity contribution in [2.24, 2.45) is 0 Å². The molecule has 16 heavy (non-hydrogen) atoms. The van der Waals surface area contributed by atoms with Crippen molar-refractivity contribution in [1.29, 1.82) is 0 Å². The van der Waals surface area contributed by atoms with E-state index in [1.807, 2.05) is 11.3 Å². The fraction of sp³-hybridized carbons (Fsp3) is 0.286. The zero-order valence-corrected chi connectivity index (χ0v) is 10.3. The van der Waals surface area contributed by atoms with E-state index in [-0.39, 0.29) is 0 Å². The zero-order valence-electron chi connectivity index (χ0n) is 9.44. The van der Waals surface area contributed by atoms with Crippen molar-refractivity contribution >= 4 is 17.0 Å². The van der Waals surface area contributed by atoms with Gasteiger partial charge in [-0.05, 0) is 37.1 Å². The minimum absolute atomic E-state index is 1.06. The third kappa shape index (κ3) is 1.74. The van der Waals surface area contributed by atoms with Gasteiger partial charge in [-0.3, -0.25) is 0 Å². The fourth-order valence-corrected chi connectivity index (χ4v) is 3.24. The second kappa shape index (κ2) is 3.95. The molecule has 1 aliphatic rings. The molecule has 0 unspecified atom stereocenters. The third-order valence-corrected chi connectivity index (χ3v) is 4.11. The average molecular weight is 229 g/mol. The highest BCUT2D eigenvalue weighted by Gasteiger charge is 2.18. The van der Waals surface area contributed by atoms with Crippen LogP contribution in [0.5, 0.6) is 0 Å². The van der Waals surface area contributed by atoms with Gasteiger partial charge < -0.3 is 4.90 Å². The van der Waals surface area contributed by atoms with E-state index in [4.69, 9.17) is 0 Å². The van der Waals surface area contributed by atoms with Crippen molar-refractivity contribution in [2.45, 2.75) is 19.9 Å². The molecule has 1 aliphatic heterocycles. The molecular weight excluding hydrogens is 214 g/mol. The Kier molecular flexibility index (Phi) is 2.44. The number of fused-ring (bicyclic) bond motifs is 1. The van der Waals surface area contributed by atoms with Gasteiger partial charge in [0.15, 0.2) is 0 Å². The van der Waals surface area contributed by atoms with Crippen LogP contribution in [0.15, 0.2) is 36.4 Å². The lowest BCUT2D eigenvalue weighted by Crippen LogP contribution is -2.18. The molecule has 1 nitrogen and oxygen atoms in total. The SMILES string of the molecule is Cc1ccc(CN2CCc3ccccc32)s1. The quantitative estimate of drug-likeness (QED) is 0.760. The maximum absolute atomic E-state index is 2.49. The van der Waals surface area contributed by atoms with Crippen LogP contribution < -0.4 is 4.90 Å². The molecular formula is C14H15NS. The van der Waals surface area contributed by atoms with Gasteiger partial charge >= 0.3 is 0 Å². The lowest BCUT2D eigenvalue weighted by Gasteiger charge is -2.18. The summed E-state index contributed by atoms with van der Waals surface area (Å²) in [5.41, 5.74) is 2.92. The number of para-hydroxylation sites is 1. The van der Waals surface area contributed by atoms with Crippen molar-refractivity contribution < 1.29 is 0 Å². The van der Waals surface area contributed by atoms with Gasteiger partial charge in [-0.2, -0.15) is 0 Å². The molecule has 0 spiro atoms. The number of rotatable bonds is 2. The molecule has 2 aromatic rings. The van der Waals surface area contributed by atoms with Crippen molar-refractivity contribution in [3.05, 3.63) is 51.7 Å². The van der Waals surface area contributed by atoms with E-state index < -0.39 is 0 Å². The van der Waals surface area contributed by atoms with Crippen LogP contribution in [0.1, 0.15) is 15.3 Å². The summed E-state index contributed by atoms with van der Waals surface area (Å²) in [7, 11) is 0. The molecule has 0 aliphatic carbocycles. The van der Waals surface area contributed by atoms with Crippen molar-refractivity contribution in [3.8, 4) is 0 Å².